The van der Waals surface area contributed by atoms with E-state index in [9.17, 15) is 0 Å². The molecule has 8 nitrogen and oxygen atoms in total. The van der Waals surface area contributed by atoms with Gasteiger partial charge in [0.1, 0.15) is 11.6 Å². The molecule has 178 valence electrons. The molecule has 32 heavy (non-hydrogen) atoms. The number of morpholine rings is 1. The van der Waals surface area contributed by atoms with Gasteiger partial charge < -0.3 is 25.2 Å². The van der Waals surface area contributed by atoms with Crippen LogP contribution >= 0.6 is 12.2 Å². The minimum Gasteiger partial charge on any atom is -0.379 e. The van der Waals surface area contributed by atoms with Crippen LogP contribution in [-0.4, -0.2) is 85.0 Å². The Morgan fingerprint density at radius 3 is 2.66 bits per heavy atom. The maximum absolute atomic E-state index is 5.57. The number of hydrogen-bond donors (Lipinski definition) is 2. The Labute approximate surface area is 198 Å². The Hall–Kier alpha value is -1.71. The molecule has 0 unspecified atom stereocenters. The lowest BCUT2D eigenvalue weighted by Crippen LogP contribution is -2.42. The highest BCUT2D eigenvalue weighted by molar-refractivity contribution is 7.80. The van der Waals surface area contributed by atoms with Gasteiger partial charge in [0, 0.05) is 57.9 Å². The van der Waals surface area contributed by atoms with Crippen LogP contribution < -0.4 is 20.4 Å². The van der Waals surface area contributed by atoms with Gasteiger partial charge >= 0.3 is 0 Å². The number of piperidine rings is 2. The van der Waals surface area contributed by atoms with Gasteiger partial charge in [-0.05, 0) is 57.2 Å². The lowest BCUT2D eigenvalue weighted by atomic mass is 10.0. The summed E-state index contributed by atoms with van der Waals surface area (Å²) in [5, 5.41) is 7.17. The molecule has 0 amide bonds. The summed E-state index contributed by atoms with van der Waals surface area (Å²) >= 11 is 5.57. The Balaban J connectivity index is 1.43. The van der Waals surface area contributed by atoms with E-state index < -0.39 is 0 Å². The van der Waals surface area contributed by atoms with E-state index in [1.165, 1.54) is 32.1 Å². The van der Waals surface area contributed by atoms with Crippen molar-refractivity contribution in [2.45, 2.75) is 52.0 Å². The number of ether oxygens (including phenoxy) is 1. The van der Waals surface area contributed by atoms with E-state index in [2.05, 4.69) is 45.2 Å². The Kier molecular flexibility index (Phi) is 8.37. The van der Waals surface area contributed by atoms with Crippen LogP contribution in [0.1, 0.15) is 46.0 Å². The molecule has 3 aliphatic rings. The first-order valence-electron chi connectivity index (χ1n) is 12.3. The number of anilines is 3. The standard InChI is InChI=1S/C23H39N7OS/c1-18-6-5-9-29(17-18)20-16-21(30-10-4-3-7-19(30)2)26-22(25-20)27-23(32)24-8-11-28-12-14-31-15-13-28/h16,18-19H,3-15,17H2,1-2H3,(H2,24,25,26,27,32)/t18-,19-/m0/s1. The number of rotatable bonds is 6. The fourth-order valence-electron chi connectivity index (χ4n) is 4.92. The molecule has 3 fully saturated rings. The molecule has 0 aromatic carbocycles. The first-order valence-corrected chi connectivity index (χ1v) is 12.7. The number of hydrogen-bond acceptors (Lipinski definition) is 7. The summed E-state index contributed by atoms with van der Waals surface area (Å²) in [4.78, 5) is 17.0. The van der Waals surface area contributed by atoms with E-state index in [4.69, 9.17) is 26.9 Å². The maximum atomic E-state index is 5.57. The molecule has 0 aliphatic carbocycles. The van der Waals surface area contributed by atoms with Crippen LogP contribution in [0.4, 0.5) is 17.6 Å². The number of nitrogens with zero attached hydrogens (tertiary/aromatic N) is 5. The molecular formula is C23H39N7OS. The van der Waals surface area contributed by atoms with Crippen molar-refractivity contribution in [3.05, 3.63) is 6.07 Å². The van der Waals surface area contributed by atoms with Crippen molar-refractivity contribution < 1.29 is 4.74 Å². The molecule has 2 N–H and O–H groups in total. The van der Waals surface area contributed by atoms with Gasteiger partial charge in [-0.1, -0.05) is 6.92 Å². The van der Waals surface area contributed by atoms with Crippen molar-refractivity contribution in [2.24, 2.45) is 5.92 Å². The van der Waals surface area contributed by atoms with Crippen LogP contribution in [0.2, 0.25) is 0 Å². The van der Waals surface area contributed by atoms with Gasteiger partial charge in [0.25, 0.3) is 0 Å². The largest absolute Gasteiger partial charge is 0.379 e. The first-order chi connectivity index (χ1) is 15.6. The lowest BCUT2D eigenvalue weighted by Gasteiger charge is -2.36. The van der Waals surface area contributed by atoms with E-state index in [1.54, 1.807) is 0 Å². The molecular weight excluding hydrogens is 422 g/mol. The van der Waals surface area contributed by atoms with E-state index in [0.717, 1.165) is 70.7 Å². The van der Waals surface area contributed by atoms with Crippen molar-refractivity contribution in [3.63, 3.8) is 0 Å². The van der Waals surface area contributed by atoms with Crippen molar-refractivity contribution >= 4 is 34.9 Å². The molecule has 0 spiro atoms. The van der Waals surface area contributed by atoms with Gasteiger partial charge in [-0.25, -0.2) is 0 Å². The van der Waals surface area contributed by atoms with Crippen molar-refractivity contribution in [2.75, 3.05) is 74.1 Å². The molecule has 1 aromatic heterocycles. The van der Waals surface area contributed by atoms with Crippen LogP contribution in [0.5, 0.6) is 0 Å². The molecule has 3 saturated heterocycles. The van der Waals surface area contributed by atoms with Gasteiger partial charge in [-0.15, -0.1) is 0 Å². The second kappa shape index (κ2) is 11.4. The molecule has 1 aromatic rings. The van der Waals surface area contributed by atoms with Crippen molar-refractivity contribution in [1.82, 2.24) is 20.2 Å². The molecule has 4 rings (SSSR count). The smallest absolute Gasteiger partial charge is 0.232 e. The zero-order valence-electron chi connectivity index (χ0n) is 19.7. The third-order valence-corrected chi connectivity index (χ3v) is 7.07. The normalized spacial score (nSPS) is 24.9. The molecule has 0 bridgehead atoms. The van der Waals surface area contributed by atoms with Crippen LogP contribution in [0.15, 0.2) is 6.07 Å². The van der Waals surface area contributed by atoms with Crippen molar-refractivity contribution in [3.8, 4) is 0 Å². The zero-order valence-corrected chi connectivity index (χ0v) is 20.5. The van der Waals surface area contributed by atoms with Gasteiger partial charge in [0.2, 0.25) is 5.95 Å². The quantitative estimate of drug-likeness (QED) is 0.622. The first kappa shape index (κ1) is 23.4. The Bertz CT molecular complexity index is 758. The summed E-state index contributed by atoms with van der Waals surface area (Å²) in [6.07, 6.45) is 6.23. The third-order valence-electron chi connectivity index (χ3n) is 6.82. The molecule has 9 heteroatoms. The average Bonchev–Trinajstić information content (AvgIpc) is 2.80. The van der Waals surface area contributed by atoms with Crippen molar-refractivity contribution in [1.29, 1.82) is 0 Å². The van der Waals surface area contributed by atoms with Gasteiger partial charge in [-0.2, -0.15) is 9.97 Å². The minimum absolute atomic E-state index is 0.498. The second-order valence-corrected chi connectivity index (χ2v) is 9.88. The molecule has 4 heterocycles. The van der Waals surface area contributed by atoms with Crippen LogP contribution in [-0.2, 0) is 4.74 Å². The molecule has 0 saturated carbocycles. The monoisotopic (exact) mass is 461 g/mol. The summed E-state index contributed by atoms with van der Waals surface area (Å²) in [5.41, 5.74) is 0. The van der Waals surface area contributed by atoms with E-state index in [-0.39, 0.29) is 0 Å². The van der Waals surface area contributed by atoms with Crippen LogP contribution in [0.3, 0.4) is 0 Å². The predicted molar refractivity (Wildman–Crippen MR) is 135 cm³/mol. The van der Waals surface area contributed by atoms with E-state index >= 15 is 0 Å². The Morgan fingerprint density at radius 2 is 1.88 bits per heavy atom. The SMILES string of the molecule is C[C@H]1CCCN(c2cc(N3CCCC[C@@H]3C)nc(NC(=S)NCCN3CCOCC3)n2)C1. The van der Waals surface area contributed by atoms with E-state index in [0.29, 0.717) is 23.0 Å². The fraction of sp³-hybridized carbons (Fsp3) is 0.783. The van der Waals surface area contributed by atoms with Gasteiger partial charge in [0.05, 0.1) is 13.2 Å². The maximum Gasteiger partial charge on any atom is 0.232 e. The summed E-state index contributed by atoms with van der Waals surface area (Å²) in [6.45, 7) is 13.1. The van der Waals surface area contributed by atoms with Crippen LogP contribution in [0, 0.1) is 5.92 Å². The molecule has 0 radical (unpaired) electrons. The zero-order chi connectivity index (χ0) is 22.3. The highest BCUT2D eigenvalue weighted by Gasteiger charge is 2.24. The number of aromatic nitrogens is 2. The summed E-state index contributed by atoms with van der Waals surface area (Å²) in [7, 11) is 0. The lowest BCUT2D eigenvalue weighted by molar-refractivity contribution is 0.0389. The van der Waals surface area contributed by atoms with Crippen LogP contribution in [0.25, 0.3) is 0 Å². The fourth-order valence-corrected chi connectivity index (χ4v) is 5.11. The summed E-state index contributed by atoms with van der Waals surface area (Å²) in [6, 6.07) is 2.68. The topological polar surface area (TPSA) is 68.8 Å². The van der Waals surface area contributed by atoms with Gasteiger partial charge in [-0.3, -0.25) is 4.90 Å². The second-order valence-electron chi connectivity index (χ2n) is 9.47. The summed E-state index contributed by atoms with van der Waals surface area (Å²) in [5.74, 6) is 3.31. The molecule has 2 atom stereocenters. The number of nitrogens with one attached hydrogen (secondary N) is 2. The predicted octanol–water partition coefficient (Wildman–Crippen LogP) is 2.71. The highest BCUT2D eigenvalue weighted by atomic mass is 32.1. The number of thiocarbonyl (C=S) groups is 1. The molecule has 3 aliphatic heterocycles. The van der Waals surface area contributed by atoms with E-state index in [1.807, 2.05) is 0 Å². The minimum atomic E-state index is 0.498. The third kappa shape index (κ3) is 6.42. The van der Waals surface area contributed by atoms with Gasteiger partial charge in [0.15, 0.2) is 5.11 Å². The highest BCUT2D eigenvalue weighted by Crippen LogP contribution is 2.29. The average molecular weight is 462 g/mol. The summed E-state index contributed by atoms with van der Waals surface area (Å²) < 4.78 is 5.42. The Morgan fingerprint density at radius 1 is 1.06 bits per heavy atom.